The first-order valence-electron chi connectivity index (χ1n) is 10.6. The molecule has 2 aromatic rings. The highest BCUT2D eigenvalue weighted by Gasteiger charge is 2.41. The first kappa shape index (κ1) is 22.3. The van der Waals surface area contributed by atoms with Gasteiger partial charge in [-0.15, -0.1) is 0 Å². The van der Waals surface area contributed by atoms with Gasteiger partial charge in [0.2, 0.25) is 15.9 Å². The van der Waals surface area contributed by atoms with Gasteiger partial charge in [0.15, 0.2) is 0 Å². The van der Waals surface area contributed by atoms with Crippen LogP contribution in [0.4, 0.5) is 0 Å². The van der Waals surface area contributed by atoms with Crippen molar-refractivity contribution in [1.82, 2.24) is 9.62 Å². The molecule has 0 saturated carbocycles. The van der Waals surface area contributed by atoms with Crippen molar-refractivity contribution in [2.24, 2.45) is 0 Å². The zero-order valence-corrected chi connectivity index (χ0v) is 18.9. The second kappa shape index (κ2) is 9.28. The molecule has 2 fully saturated rings. The van der Waals surface area contributed by atoms with Crippen molar-refractivity contribution in [3.05, 3.63) is 65.2 Å². The lowest BCUT2D eigenvalue weighted by molar-refractivity contribution is -0.124. The van der Waals surface area contributed by atoms with Gasteiger partial charge >= 0.3 is 0 Å². The lowest BCUT2D eigenvalue weighted by atomic mass is 9.74. The average molecular weight is 463 g/mol. The number of hydrogen-bond acceptors (Lipinski definition) is 4. The molecule has 2 aliphatic heterocycles. The van der Waals surface area contributed by atoms with E-state index in [9.17, 15) is 13.2 Å². The smallest absolute Gasteiger partial charge is 0.243 e. The Morgan fingerprint density at radius 1 is 1.10 bits per heavy atom. The van der Waals surface area contributed by atoms with Crippen LogP contribution in [-0.4, -0.2) is 51.0 Å². The highest BCUT2D eigenvalue weighted by atomic mass is 35.5. The molecule has 2 saturated heterocycles. The summed E-state index contributed by atoms with van der Waals surface area (Å²) in [4.78, 5) is 13.3. The predicted molar refractivity (Wildman–Crippen MR) is 120 cm³/mol. The molecule has 8 heteroatoms. The lowest BCUT2D eigenvalue weighted by Crippen LogP contribution is -2.50. The molecule has 166 valence electrons. The van der Waals surface area contributed by atoms with Gasteiger partial charge in [-0.2, -0.15) is 4.31 Å². The standard InChI is InChI=1S/C23H27ClN2O4S/c24-19-8-10-20(11-9-19)31(28,29)26-14-4-7-21(26)22(27)25-17-23(12-15-30-16-13-23)18-5-2-1-3-6-18/h1-3,5-6,8-11,21H,4,7,12-17H2,(H,25,27)/t21-/m1/s1. The fourth-order valence-corrected chi connectivity index (χ4v) is 6.31. The summed E-state index contributed by atoms with van der Waals surface area (Å²) in [6.07, 6.45) is 2.80. The van der Waals surface area contributed by atoms with Crippen molar-refractivity contribution in [3.8, 4) is 0 Å². The van der Waals surface area contributed by atoms with Gasteiger partial charge in [-0.25, -0.2) is 8.42 Å². The number of carbonyl (C=O) groups excluding carboxylic acids is 1. The van der Waals surface area contributed by atoms with Gasteiger partial charge < -0.3 is 10.1 Å². The van der Waals surface area contributed by atoms with Crippen LogP contribution in [0.25, 0.3) is 0 Å². The van der Waals surface area contributed by atoms with E-state index in [1.54, 1.807) is 12.1 Å². The Balaban J connectivity index is 1.50. The van der Waals surface area contributed by atoms with Crippen LogP contribution < -0.4 is 5.32 Å². The SMILES string of the molecule is O=C(NCC1(c2ccccc2)CCOCC1)[C@H]1CCCN1S(=O)(=O)c1ccc(Cl)cc1. The number of nitrogens with zero attached hydrogens (tertiary/aromatic N) is 1. The van der Waals surface area contributed by atoms with Gasteiger partial charge in [-0.1, -0.05) is 41.9 Å². The number of halogens is 1. The highest BCUT2D eigenvalue weighted by Crippen LogP contribution is 2.34. The van der Waals surface area contributed by atoms with Crippen molar-refractivity contribution in [2.45, 2.75) is 42.0 Å². The number of benzene rings is 2. The van der Waals surface area contributed by atoms with Crippen molar-refractivity contribution in [2.75, 3.05) is 26.3 Å². The highest BCUT2D eigenvalue weighted by molar-refractivity contribution is 7.89. The number of sulfonamides is 1. The van der Waals surface area contributed by atoms with Gasteiger partial charge in [0, 0.05) is 36.7 Å². The van der Waals surface area contributed by atoms with E-state index < -0.39 is 16.1 Å². The van der Waals surface area contributed by atoms with Crippen LogP contribution in [0.5, 0.6) is 0 Å². The Kier molecular flexibility index (Phi) is 6.67. The maximum Gasteiger partial charge on any atom is 0.243 e. The summed E-state index contributed by atoms with van der Waals surface area (Å²) in [5.74, 6) is -0.239. The minimum absolute atomic E-state index is 0.154. The van der Waals surface area contributed by atoms with Gasteiger partial charge in [-0.05, 0) is 55.5 Å². The molecule has 31 heavy (non-hydrogen) atoms. The predicted octanol–water partition coefficient (Wildman–Crippen LogP) is 3.36. The molecule has 0 aromatic heterocycles. The molecule has 0 unspecified atom stereocenters. The first-order chi connectivity index (χ1) is 14.9. The summed E-state index contributed by atoms with van der Waals surface area (Å²) in [6, 6.07) is 15.5. The number of ether oxygens (including phenoxy) is 1. The number of nitrogens with one attached hydrogen (secondary N) is 1. The minimum Gasteiger partial charge on any atom is -0.381 e. The molecule has 1 atom stereocenters. The quantitative estimate of drug-likeness (QED) is 0.714. The fourth-order valence-electron chi connectivity index (χ4n) is 4.53. The maximum absolute atomic E-state index is 13.1. The Morgan fingerprint density at radius 2 is 1.77 bits per heavy atom. The largest absolute Gasteiger partial charge is 0.381 e. The molecule has 4 rings (SSSR count). The Bertz CT molecular complexity index is 1010. The summed E-state index contributed by atoms with van der Waals surface area (Å²) < 4.78 is 33.2. The third-order valence-electron chi connectivity index (χ3n) is 6.36. The second-order valence-electron chi connectivity index (χ2n) is 8.20. The number of rotatable bonds is 6. The Hall–Kier alpha value is -1.93. The van der Waals surface area contributed by atoms with Crippen LogP contribution in [0.1, 0.15) is 31.2 Å². The maximum atomic E-state index is 13.1. The van der Waals surface area contributed by atoms with Crippen LogP contribution in [-0.2, 0) is 25.0 Å². The first-order valence-corrected chi connectivity index (χ1v) is 12.4. The van der Waals surface area contributed by atoms with Gasteiger partial charge in [0.1, 0.15) is 6.04 Å². The molecule has 0 aliphatic carbocycles. The van der Waals surface area contributed by atoms with Crippen LogP contribution in [0.2, 0.25) is 5.02 Å². The van der Waals surface area contributed by atoms with E-state index in [2.05, 4.69) is 17.4 Å². The Labute approximate surface area is 188 Å². The Morgan fingerprint density at radius 3 is 2.45 bits per heavy atom. The van der Waals surface area contributed by atoms with E-state index in [0.717, 1.165) is 12.8 Å². The minimum atomic E-state index is -3.77. The monoisotopic (exact) mass is 462 g/mol. The van der Waals surface area contributed by atoms with Crippen molar-refractivity contribution in [1.29, 1.82) is 0 Å². The van der Waals surface area contributed by atoms with Crippen LogP contribution in [0, 0.1) is 0 Å². The number of carbonyl (C=O) groups is 1. The molecule has 0 bridgehead atoms. The summed E-state index contributed by atoms with van der Waals surface area (Å²) in [7, 11) is -3.77. The van der Waals surface area contributed by atoms with Gasteiger partial charge in [0.25, 0.3) is 0 Å². The molecule has 6 nitrogen and oxygen atoms in total. The van der Waals surface area contributed by atoms with Crippen LogP contribution in [0.3, 0.4) is 0 Å². The molecular formula is C23H27ClN2O4S. The second-order valence-corrected chi connectivity index (χ2v) is 10.5. The van der Waals surface area contributed by atoms with Crippen LogP contribution in [0.15, 0.2) is 59.5 Å². The zero-order chi connectivity index (χ0) is 21.9. The van der Waals surface area contributed by atoms with Gasteiger partial charge in [-0.3, -0.25) is 4.79 Å². The molecule has 0 radical (unpaired) electrons. The molecule has 0 spiro atoms. The normalized spacial score (nSPS) is 21.6. The van der Waals surface area contributed by atoms with Crippen LogP contribution >= 0.6 is 11.6 Å². The van der Waals surface area contributed by atoms with E-state index in [-0.39, 0.29) is 16.2 Å². The summed E-state index contributed by atoms with van der Waals surface area (Å²) in [6.45, 7) is 2.09. The number of amides is 1. The zero-order valence-electron chi connectivity index (χ0n) is 17.3. The molecule has 2 aromatic carbocycles. The summed E-state index contributed by atoms with van der Waals surface area (Å²) in [5.41, 5.74) is 0.976. The van der Waals surface area contributed by atoms with E-state index in [1.807, 2.05) is 18.2 Å². The molecule has 2 heterocycles. The third kappa shape index (κ3) is 4.65. The van der Waals surface area contributed by atoms with Crippen molar-refractivity contribution in [3.63, 3.8) is 0 Å². The number of hydrogen-bond donors (Lipinski definition) is 1. The molecule has 1 N–H and O–H groups in total. The molecule has 1 amide bonds. The fraction of sp³-hybridized carbons (Fsp3) is 0.435. The van der Waals surface area contributed by atoms with E-state index in [4.69, 9.17) is 16.3 Å². The molecule has 2 aliphatic rings. The van der Waals surface area contributed by atoms with E-state index in [1.165, 1.54) is 22.0 Å². The summed E-state index contributed by atoms with van der Waals surface area (Å²) in [5, 5.41) is 3.54. The van der Waals surface area contributed by atoms with E-state index >= 15 is 0 Å². The van der Waals surface area contributed by atoms with Crippen molar-refractivity contribution < 1.29 is 17.9 Å². The van der Waals surface area contributed by atoms with E-state index in [0.29, 0.717) is 44.2 Å². The van der Waals surface area contributed by atoms with Crippen molar-refractivity contribution >= 4 is 27.5 Å². The van der Waals surface area contributed by atoms with Gasteiger partial charge in [0.05, 0.1) is 4.90 Å². The topological polar surface area (TPSA) is 75.7 Å². The average Bonchev–Trinajstić information content (AvgIpc) is 3.30. The summed E-state index contributed by atoms with van der Waals surface area (Å²) >= 11 is 5.90. The lowest BCUT2D eigenvalue weighted by Gasteiger charge is -2.38. The third-order valence-corrected chi connectivity index (χ3v) is 8.54. The molecular weight excluding hydrogens is 436 g/mol.